The van der Waals surface area contributed by atoms with Crippen molar-refractivity contribution in [1.82, 2.24) is 4.57 Å². The number of hydrogen-bond donors (Lipinski definition) is 0. The van der Waals surface area contributed by atoms with Gasteiger partial charge in [-0.3, -0.25) is 0 Å². The molecule has 46 heavy (non-hydrogen) atoms. The van der Waals surface area contributed by atoms with E-state index in [9.17, 15) is 0 Å². The van der Waals surface area contributed by atoms with E-state index in [0.29, 0.717) is 0 Å². The van der Waals surface area contributed by atoms with Crippen molar-refractivity contribution in [2.24, 2.45) is 7.05 Å². The SMILES string of the molecule is COc1ccc(-c2c3ccccc3c(-c3cccc(-c4ccc5c(c4)c4ccccc4n5C)c3)c3ccccc23)c2ccccc12. The fourth-order valence-electron chi connectivity index (χ4n) is 7.60. The number of hydrogen-bond acceptors (Lipinski definition) is 1. The Morgan fingerprint density at radius 3 is 1.63 bits per heavy atom. The Balaban J connectivity index is 1.30. The average molecular weight is 590 g/mol. The molecule has 0 radical (unpaired) electrons. The van der Waals surface area contributed by atoms with E-state index in [-0.39, 0.29) is 0 Å². The number of aromatic nitrogens is 1. The molecule has 0 saturated heterocycles. The van der Waals surface area contributed by atoms with Crippen LogP contribution in [0, 0.1) is 0 Å². The first-order valence-corrected chi connectivity index (χ1v) is 15.8. The molecule has 0 N–H and O–H groups in total. The zero-order valence-corrected chi connectivity index (χ0v) is 25.8. The maximum Gasteiger partial charge on any atom is 0.126 e. The molecule has 218 valence electrons. The lowest BCUT2D eigenvalue weighted by atomic mass is 9.84. The molecule has 0 atom stereocenters. The van der Waals surface area contributed by atoms with Gasteiger partial charge in [0.2, 0.25) is 0 Å². The first-order chi connectivity index (χ1) is 22.7. The Labute approximate surface area is 267 Å². The van der Waals surface area contributed by atoms with Crippen molar-refractivity contribution in [3.8, 4) is 39.1 Å². The number of fused-ring (bicyclic) bond motifs is 6. The van der Waals surface area contributed by atoms with E-state index in [4.69, 9.17) is 4.74 Å². The Kier molecular flexibility index (Phi) is 5.97. The average Bonchev–Trinajstić information content (AvgIpc) is 3.41. The summed E-state index contributed by atoms with van der Waals surface area (Å²) in [7, 11) is 3.90. The highest BCUT2D eigenvalue weighted by Crippen LogP contribution is 2.46. The first kappa shape index (κ1) is 26.5. The second-order valence-corrected chi connectivity index (χ2v) is 12.1. The van der Waals surface area contributed by atoms with Gasteiger partial charge in [0.25, 0.3) is 0 Å². The Morgan fingerprint density at radius 2 is 0.935 bits per heavy atom. The molecule has 0 saturated carbocycles. The fourth-order valence-corrected chi connectivity index (χ4v) is 7.60. The van der Waals surface area contributed by atoms with Crippen LogP contribution in [0.2, 0.25) is 0 Å². The van der Waals surface area contributed by atoms with Gasteiger partial charge < -0.3 is 9.30 Å². The summed E-state index contributed by atoms with van der Waals surface area (Å²) in [4.78, 5) is 0. The summed E-state index contributed by atoms with van der Waals surface area (Å²) in [6.07, 6.45) is 0. The molecule has 0 unspecified atom stereocenters. The number of rotatable bonds is 4. The number of nitrogens with zero attached hydrogens (tertiary/aromatic N) is 1. The minimum atomic E-state index is 0.892. The topological polar surface area (TPSA) is 14.2 Å². The van der Waals surface area contributed by atoms with Gasteiger partial charge in [-0.15, -0.1) is 0 Å². The van der Waals surface area contributed by atoms with Gasteiger partial charge in [0.15, 0.2) is 0 Å². The van der Waals surface area contributed by atoms with Crippen LogP contribution in [0.5, 0.6) is 5.75 Å². The Hall–Kier alpha value is -5.86. The molecule has 0 aliphatic rings. The van der Waals surface area contributed by atoms with Crippen molar-refractivity contribution < 1.29 is 4.74 Å². The van der Waals surface area contributed by atoms with Crippen LogP contribution >= 0.6 is 0 Å². The third kappa shape index (κ3) is 3.90. The maximum absolute atomic E-state index is 5.76. The molecule has 0 spiro atoms. The Morgan fingerprint density at radius 1 is 0.391 bits per heavy atom. The van der Waals surface area contributed by atoms with Gasteiger partial charge in [-0.1, -0.05) is 121 Å². The molecule has 2 nitrogen and oxygen atoms in total. The highest BCUT2D eigenvalue weighted by Gasteiger charge is 2.19. The minimum Gasteiger partial charge on any atom is -0.496 e. The predicted octanol–water partition coefficient (Wildman–Crippen LogP) is 11.8. The van der Waals surface area contributed by atoms with Gasteiger partial charge in [-0.25, -0.2) is 0 Å². The van der Waals surface area contributed by atoms with Crippen molar-refractivity contribution in [1.29, 1.82) is 0 Å². The summed E-state index contributed by atoms with van der Waals surface area (Å²) in [5.74, 6) is 0.892. The molecule has 9 aromatic rings. The van der Waals surface area contributed by atoms with Crippen LogP contribution in [0.25, 0.3) is 87.5 Å². The third-order valence-electron chi connectivity index (χ3n) is 9.70. The summed E-state index contributed by atoms with van der Waals surface area (Å²) in [5, 5.41) is 9.87. The fraction of sp³-hybridized carbons (Fsp3) is 0.0455. The zero-order valence-electron chi connectivity index (χ0n) is 25.8. The second-order valence-electron chi connectivity index (χ2n) is 12.1. The van der Waals surface area contributed by atoms with Crippen LogP contribution in [0.1, 0.15) is 0 Å². The van der Waals surface area contributed by atoms with E-state index in [2.05, 4.69) is 163 Å². The van der Waals surface area contributed by atoms with Crippen LogP contribution in [0.4, 0.5) is 0 Å². The molecule has 9 rings (SSSR count). The number of aryl methyl sites for hydroxylation is 1. The monoisotopic (exact) mass is 589 g/mol. The molecule has 0 fully saturated rings. The first-order valence-electron chi connectivity index (χ1n) is 15.8. The second kappa shape index (κ2) is 10.4. The van der Waals surface area contributed by atoms with Crippen LogP contribution < -0.4 is 4.74 Å². The molecular formula is C44H31NO. The van der Waals surface area contributed by atoms with Crippen molar-refractivity contribution in [3.05, 3.63) is 152 Å². The highest BCUT2D eigenvalue weighted by atomic mass is 16.5. The van der Waals surface area contributed by atoms with Gasteiger partial charge in [-0.2, -0.15) is 0 Å². The summed E-state index contributed by atoms with van der Waals surface area (Å²) < 4.78 is 8.05. The smallest absolute Gasteiger partial charge is 0.126 e. The molecule has 1 heterocycles. The molecule has 0 amide bonds. The van der Waals surface area contributed by atoms with E-state index in [1.165, 1.54) is 82.1 Å². The number of para-hydroxylation sites is 1. The van der Waals surface area contributed by atoms with E-state index in [0.717, 1.165) is 11.1 Å². The standard InChI is InChI=1S/C44H31NO/c1-45-40-21-10-9-15-32(40)39-27-29(22-24-41(39)45)28-12-11-13-30(26-28)43-34-17-5-7-19-36(34)44(37-20-8-6-18-35(37)43)38-23-25-42(46-2)33-16-4-3-14-31(33)38/h3-27H,1-2H3. The largest absolute Gasteiger partial charge is 0.496 e. The van der Waals surface area contributed by atoms with Crippen LogP contribution in [0.15, 0.2) is 152 Å². The van der Waals surface area contributed by atoms with Gasteiger partial charge >= 0.3 is 0 Å². The van der Waals surface area contributed by atoms with E-state index >= 15 is 0 Å². The minimum absolute atomic E-state index is 0.892. The van der Waals surface area contributed by atoms with Crippen LogP contribution in [-0.2, 0) is 7.05 Å². The third-order valence-corrected chi connectivity index (χ3v) is 9.70. The van der Waals surface area contributed by atoms with E-state index in [1.807, 2.05) is 0 Å². The summed E-state index contributed by atoms with van der Waals surface area (Å²) in [5.41, 5.74) is 9.89. The molecule has 1 aromatic heterocycles. The highest BCUT2D eigenvalue weighted by molar-refractivity contribution is 6.24. The quantitative estimate of drug-likeness (QED) is 0.186. The lowest BCUT2D eigenvalue weighted by Crippen LogP contribution is -1.93. The van der Waals surface area contributed by atoms with Crippen molar-refractivity contribution in [3.63, 3.8) is 0 Å². The zero-order chi connectivity index (χ0) is 30.8. The number of benzene rings is 8. The van der Waals surface area contributed by atoms with Crippen LogP contribution in [-0.4, -0.2) is 11.7 Å². The van der Waals surface area contributed by atoms with Gasteiger partial charge in [0.1, 0.15) is 5.75 Å². The summed E-state index contributed by atoms with van der Waals surface area (Å²) in [6, 6.07) is 55.2. The summed E-state index contributed by atoms with van der Waals surface area (Å²) in [6.45, 7) is 0. The van der Waals surface area contributed by atoms with Gasteiger partial charge in [-0.05, 0) is 90.6 Å². The lowest BCUT2D eigenvalue weighted by Gasteiger charge is -2.19. The normalized spacial score (nSPS) is 11.7. The number of methoxy groups -OCH3 is 1. The van der Waals surface area contributed by atoms with Crippen LogP contribution in [0.3, 0.4) is 0 Å². The van der Waals surface area contributed by atoms with Crippen molar-refractivity contribution in [2.45, 2.75) is 0 Å². The molecule has 0 aliphatic carbocycles. The van der Waals surface area contributed by atoms with E-state index < -0.39 is 0 Å². The maximum atomic E-state index is 5.76. The van der Waals surface area contributed by atoms with Gasteiger partial charge in [0, 0.05) is 34.2 Å². The summed E-state index contributed by atoms with van der Waals surface area (Å²) >= 11 is 0. The van der Waals surface area contributed by atoms with Crippen molar-refractivity contribution >= 4 is 54.1 Å². The Bertz CT molecular complexity index is 2580. The molecule has 2 heteroatoms. The van der Waals surface area contributed by atoms with Crippen molar-refractivity contribution in [2.75, 3.05) is 7.11 Å². The molecule has 0 bridgehead atoms. The predicted molar refractivity (Wildman–Crippen MR) is 196 cm³/mol. The molecule has 0 aliphatic heterocycles. The van der Waals surface area contributed by atoms with E-state index in [1.54, 1.807) is 7.11 Å². The molecular weight excluding hydrogens is 558 g/mol. The molecule has 8 aromatic carbocycles. The lowest BCUT2D eigenvalue weighted by molar-refractivity contribution is 0.420. The number of ether oxygens (including phenoxy) is 1. The van der Waals surface area contributed by atoms with Gasteiger partial charge in [0.05, 0.1) is 7.11 Å².